The van der Waals surface area contributed by atoms with Crippen LogP contribution in [0, 0.1) is 0 Å². The number of nitrogens with two attached hydrogens (primary N) is 1. The fourth-order valence-corrected chi connectivity index (χ4v) is 1.70. The third-order valence-corrected chi connectivity index (χ3v) is 2.49. The Morgan fingerprint density at radius 3 is 2.61 bits per heavy atom. The fraction of sp³-hybridized carbons (Fsp3) is 0.571. The highest BCUT2D eigenvalue weighted by molar-refractivity contribution is 5.36. The van der Waals surface area contributed by atoms with Crippen molar-refractivity contribution in [3.8, 4) is 5.75 Å². The summed E-state index contributed by atoms with van der Waals surface area (Å²) in [5.74, 6) is 6.46. The second kappa shape index (κ2) is 8.08. The van der Waals surface area contributed by atoms with Crippen LogP contribution in [-0.4, -0.2) is 19.3 Å². The number of hydrogen-bond donors (Lipinski definition) is 2. The van der Waals surface area contributed by atoms with Gasteiger partial charge in [-0.3, -0.25) is 11.3 Å². The van der Waals surface area contributed by atoms with Crippen LogP contribution in [0.4, 0.5) is 0 Å². The van der Waals surface area contributed by atoms with Crippen molar-refractivity contribution in [2.24, 2.45) is 5.84 Å². The number of hydrazine groups is 1. The van der Waals surface area contributed by atoms with Crippen LogP contribution in [0.15, 0.2) is 24.3 Å². The highest BCUT2D eigenvalue weighted by Crippen LogP contribution is 2.25. The van der Waals surface area contributed by atoms with E-state index in [1.54, 1.807) is 0 Å². The molecule has 0 bridgehead atoms. The Balaban J connectivity index is 2.77. The smallest absolute Gasteiger partial charge is 0.124 e. The molecule has 0 fully saturated rings. The lowest BCUT2D eigenvalue weighted by atomic mass is 10.1. The molecule has 0 aliphatic carbocycles. The van der Waals surface area contributed by atoms with E-state index in [4.69, 9.17) is 15.3 Å². The zero-order chi connectivity index (χ0) is 13.4. The summed E-state index contributed by atoms with van der Waals surface area (Å²) in [7, 11) is 0. The molecule has 0 saturated heterocycles. The molecule has 0 radical (unpaired) electrons. The van der Waals surface area contributed by atoms with Crippen molar-refractivity contribution in [3.05, 3.63) is 29.8 Å². The first-order valence-electron chi connectivity index (χ1n) is 6.48. The lowest BCUT2D eigenvalue weighted by molar-refractivity contribution is 0.110. The van der Waals surface area contributed by atoms with Gasteiger partial charge in [-0.05, 0) is 26.3 Å². The zero-order valence-electron chi connectivity index (χ0n) is 11.5. The maximum atomic E-state index is 5.78. The monoisotopic (exact) mass is 252 g/mol. The quantitative estimate of drug-likeness (QED) is 0.424. The van der Waals surface area contributed by atoms with Crippen molar-refractivity contribution < 1.29 is 9.47 Å². The van der Waals surface area contributed by atoms with Crippen molar-refractivity contribution >= 4 is 0 Å². The molecule has 1 unspecified atom stereocenters. The Bertz CT molecular complexity index is 342. The second-order valence-electron chi connectivity index (χ2n) is 4.50. The molecule has 1 rings (SSSR count). The fourth-order valence-electron chi connectivity index (χ4n) is 1.70. The van der Waals surface area contributed by atoms with Gasteiger partial charge in [0.05, 0.1) is 18.8 Å². The van der Waals surface area contributed by atoms with E-state index in [1.165, 1.54) is 0 Å². The van der Waals surface area contributed by atoms with Gasteiger partial charge < -0.3 is 9.47 Å². The Morgan fingerprint density at radius 1 is 1.28 bits per heavy atom. The maximum absolute atomic E-state index is 5.78. The number of nitrogens with one attached hydrogen (secondary N) is 1. The van der Waals surface area contributed by atoms with Gasteiger partial charge in [0.25, 0.3) is 0 Å². The summed E-state index contributed by atoms with van der Waals surface area (Å²) < 4.78 is 11.3. The van der Waals surface area contributed by atoms with Crippen LogP contribution in [0.2, 0.25) is 0 Å². The molecule has 1 aromatic carbocycles. The number of benzene rings is 1. The van der Waals surface area contributed by atoms with E-state index in [1.807, 2.05) is 38.1 Å². The molecular formula is C14H24N2O2. The van der Waals surface area contributed by atoms with E-state index >= 15 is 0 Å². The summed E-state index contributed by atoms with van der Waals surface area (Å²) in [6.45, 7) is 7.39. The standard InChI is InChI=1S/C14H24N2O2/c1-4-9-17-10-13(16-15)12-7-5-6-8-14(12)18-11(2)3/h5-8,11,13,16H,4,9-10,15H2,1-3H3. The maximum Gasteiger partial charge on any atom is 0.124 e. The van der Waals surface area contributed by atoms with E-state index in [0.717, 1.165) is 24.3 Å². The van der Waals surface area contributed by atoms with Gasteiger partial charge in [-0.1, -0.05) is 25.1 Å². The van der Waals surface area contributed by atoms with Gasteiger partial charge in [-0.25, -0.2) is 0 Å². The Kier molecular flexibility index (Phi) is 6.72. The molecular weight excluding hydrogens is 228 g/mol. The first-order chi connectivity index (χ1) is 8.69. The lowest BCUT2D eigenvalue weighted by Gasteiger charge is -2.21. The molecule has 0 amide bonds. The number of rotatable bonds is 8. The van der Waals surface area contributed by atoms with Crippen LogP contribution in [0.1, 0.15) is 38.8 Å². The molecule has 102 valence electrons. The third-order valence-electron chi connectivity index (χ3n) is 2.49. The Hall–Kier alpha value is -1.10. The number of para-hydroxylation sites is 1. The van der Waals surface area contributed by atoms with Crippen LogP contribution in [0.5, 0.6) is 5.75 Å². The van der Waals surface area contributed by atoms with Crippen molar-refractivity contribution in [3.63, 3.8) is 0 Å². The second-order valence-corrected chi connectivity index (χ2v) is 4.50. The molecule has 18 heavy (non-hydrogen) atoms. The average molecular weight is 252 g/mol. The van der Waals surface area contributed by atoms with Gasteiger partial charge in [0.2, 0.25) is 0 Å². The molecule has 0 aromatic heterocycles. The van der Waals surface area contributed by atoms with E-state index in [2.05, 4.69) is 12.3 Å². The van der Waals surface area contributed by atoms with Crippen molar-refractivity contribution in [2.75, 3.05) is 13.2 Å². The zero-order valence-corrected chi connectivity index (χ0v) is 11.5. The van der Waals surface area contributed by atoms with Gasteiger partial charge in [-0.15, -0.1) is 0 Å². The molecule has 0 heterocycles. The van der Waals surface area contributed by atoms with Crippen molar-refractivity contribution in [1.29, 1.82) is 0 Å². The Morgan fingerprint density at radius 2 is 2.00 bits per heavy atom. The van der Waals surface area contributed by atoms with Gasteiger partial charge in [-0.2, -0.15) is 0 Å². The van der Waals surface area contributed by atoms with Crippen LogP contribution in [0.3, 0.4) is 0 Å². The van der Waals surface area contributed by atoms with Gasteiger partial charge in [0, 0.05) is 12.2 Å². The molecule has 0 saturated carbocycles. The van der Waals surface area contributed by atoms with Gasteiger partial charge >= 0.3 is 0 Å². The van der Waals surface area contributed by atoms with Crippen LogP contribution < -0.4 is 16.0 Å². The van der Waals surface area contributed by atoms with Gasteiger partial charge in [0.15, 0.2) is 0 Å². The van der Waals surface area contributed by atoms with Crippen LogP contribution in [0.25, 0.3) is 0 Å². The minimum Gasteiger partial charge on any atom is -0.491 e. The summed E-state index contributed by atoms with van der Waals surface area (Å²) in [5.41, 5.74) is 3.82. The van der Waals surface area contributed by atoms with Crippen LogP contribution >= 0.6 is 0 Å². The number of hydrogen-bond acceptors (Lipinski definition) is 4. The minimum atomic E-state index is -0.0495. The van der Waals surface area contributed by atoms with E-state index < -0.39 is 0 Å². The first kappa shape index (κ1) is 15.0. The van der Waals surface area contributed by atoms with E-state index in [0.29, 0.717) is 6.61 Å². The van der Waals surface area contributed by atoms with Crippen molar-refractivity contribution in [2.45, 2.75) is 39.3 Å². The topological polar surface area (TPSA) is 56.5 Å². The first-order valence-corrected chi connectivity index (χ1v) is 6.48. The average Bonchev–Trinajstić information content (AvgIpc) is 2.35. The molecule has 0 aliphatic rings. The van der Waals surface area contributed by atoms with Crippen molar-refractivity contribution in [1.82, 2.24) is 5.43 Å². The molecule has 0 spiro atoms. The summed E-state index contributed by atoms with van der Waals surface area (Å²) >= 11 is 0. The summed E-state index contributed by atoms with van der Waals surface area (Å²) in [4.78, 5) is 0. The molecule has 4 heteroatoms. The molecule has 0 aliphatic heterocycles. The molecule has 4 nitrogen and oxygen atoms in total. The lowest BCUT2D eigenvalue weighted by Crippen LogP contribution is -2.32. The molecule has 1 atom stereocenters. The summed E-state index contributed by atoms with van der Waals surface area (Å²) in [5, 5.41) is 0. The normalized spacial score (nSPS) is 12.7. The van der Waals surface area contributed by atoms with E-state index in [9.17, 15) is 0 Å². The highest BCUT2D eigenvalue weighted by Gasteiger charge is 2.15. The molecule has 3 N–H and O–H groups in total. The molecule has 1 aromatic rings. The van der Waals surface area contributed by atoms with Crippen LogP contribution in [-0.2, 0) is 4.74 Å². The highest BCUT2D eigenvalue weighted by atomic mass is 16.5. The predicted octanol–water partition coefficient (Wildman–Crippen LogP) is 2.40. The number of ether oxygens (including phenoxy) is 2. The Labute approximate surface area is 109 Å². The predicted molar refractivity (Wildman–Crippen MR) is 73.4 cm³/mol. The van der Waals surface area contributed by atoms with Gasteiger partial charge in [0.1, 0.15) is 5.75 Å². The summed E-state index contributed by atoms with van der Waals surface area (Å²) in [6.07, 6.45) is 1.14. The summed E-state index contributed by atoms with van der Waals surface area (Å²) in [6, 6.07) is 7.86. The SMILES string of the molecule is CCCOCC(NN)c1ccccc1OC(C)C. The minimum absolute atomic E-state index is 0.0495. The third kappa shape index (κ3) is 4.64. The van der Waals surface area contributed by atoms with E-state index in [-0.39, 0.29) is 12.1 Å². The largest absolute Gasteiger partial charge is 0.491 e.